The number of amides is 1. The number of carbonyl (C=O) groups is 2. The molecule has 6 heteroatoms. The second kappa shape index (κ2) is 6.56. The molecule has 0 aliphatic carbocycles. The van der Waals surface area contributed by atoms with Gasteiger partial charge < -0.3 is 15.6 Å². The second-order valence-corrected chi connectivity index (χ2v) is 4.30. The molecule has 0 radical (unpaired) electrons. The van der Waals surface area contributed by atoms with Crippen LogP contribution in [0.4, 0.5) is 0 Å². The van der Waals surface area contributed by atoms with Gasteiger partial charge in [0.25, 0.3) is 0 Å². The average molecular weight is 244 g/mol. The molecule has 0 aromatic heterocycles. The predicted molar refractivity (Wildman–Crippen MR) is 61.4 cm³/mol. The minimum atomic E-state index is -0.840. The van der Waals surface area contributed by atoms with Gasteiger partial charge >= 0.3 is 5.97 Å². The third-order valence-electron chi connectivity index (χ3n) is 2.99. The molecule has 1 fully saturated rings. The summed E-state index contributed by atoms with van der Waals surface area (Å²) in [7, 11) is 0. The third kappa shape index (κ3) is 3.98. The first-order valence-electron chi connectivity index (χ1n) is 5.89. The molecule has 2 atom stereocenters. The Hall–Kier alpha value is -1.14. The lowest BCUT2D eigenvalue weighted by Gasteiger charge is -2.29. The van der Waals surface area contributed by atoms with E-state index >= 15 is 0 Å². The van der Waals surface area contributed by atoms with Crippen LogP contribution in [-0.2, 0) is 14.3 Å². The van der Waals surface area contributed by atoms with Gasteiger partial charge in [-0.2, -0.15) is 0 Å². The van der Waals surface area contributed by atoms with Crippen molar-refractivity contribution in [3.63, 3.8) is 0 Å². The maximum absolute atomic E-state index is 11.1. The number of carbonyl (C=O) groups excluding carboxylic acids is 1. The fourth-order valence-corrected chi connectivity index (χ4v) is 2.12. The van der Waals surface area contributed by atoms with Crippen LogP contribution in [-0.4, -0.2) is 54.2 Å². The van der Waals surface area contributed by atoms with Crippen molar-refractivity contribution < 1.29 is 19.4 Å². The van der Waals surface area contributed by atoms with E-state index in [1.165, 1.54) is 0 Å². The van der Waals surface area contributed by atoms with E-state index in [2.05, 4.69) is 0 Å². The van der Waals surface area contributed by atoms with Crippen molar-refractivity contribution in [1.29, 1.82) is 0 Å². The Morgan fingerprint density at radius 3 is 2.65 bits per heavy atom. The van der Waals surface area contributed by atoms with Gasteiger partial charge in [-0.25, -0.2) is 0 Å². The molecular weight excluding hydrogens is 224 g/mol. The molecule has 0 aromatic carbocycles. The minimum Gasteiger partial charge on any atom is -0.481 e. The summed E-state index contributed by atoms with van der Waals surface area (Å²) in [6, 6.07) is -0.146. The first-order chi connectivity index (χ1) is 8.06. The number of nitrogens with two attached hydrogens (primary N) is 1. The van der Waals surface area contributed by atoms with Crippen molar-refractivity contribution in [3.8, 4) is 0 Å². The van der Waals surface area contributed by atoms with Crippen LogP contribution in [0.25, 0.3) is 0 Å². The molecule has 2 unspecified atom stereocenters. The largest absolute Gasteiger partial charge is 0.481 e. The molecule has 98 valence electrons. The zero-order chi connectivity index (χ0) is 12.8. The lowest BCUT2D eigenvalue weighted by Crippen LogP contribution is -2.44. The molecule has 1 aliphatic rings. The van der Waals surface area contributed by atoms with Gasteiger partial charge in [-0.05, 0) is 13.0 Å². The van der Waals surface area contributed by atoms with Crippen molar-refractivity contribution in [2.45, 2.75) is 25.8 Å². The fraction of sp³-hybridized carbons (Fsp3) is 0.818. The summed E-state index contributed by atoms with van der Waals surface area (Å²) in [5.41, 5.74) is 5.12. The molecule has 6 nitrogen and oxygen atoms in total. The van der Waals surface area contributed by atoms with Gasteiger partial charge in [0.1, 0.15) is 0 Å². The molecule has 3 N–H and O–H groups in total. The van der Waals surface area contributed by atoms with Gasteiger partial charge in [-0.15, -0.1) is 0 Å². The topological polar surface area (TPSA) is 92.9 Å². The summed E-state index contributed by atoms with van der Waals surface area (Å²) < 4.78 is 5.23. The molecule has 1 heterocycles. The molecule has 17 heavy (non-hydrogen) atoms. The van der Waals surface area contributed by atoms with Gasteiger partial charge in [-0.3, -0.25) is 14.5 Å². The molecule has 1 aliphatic heterocycles. The standard InChI is InChI=1S/C11H20N2O4/c1-2-4-13(5-3-10(12)14)9-7-17-6-8(9)11(15)16/h8-9H,2-7H2,1H3,(H2,12,14)(H,15,16). The molecule has 1 rings (SSSR count). The lowest BCUT2D eigenvalue weighted by molar-refractivity contribution is -0.143. The van der Waals surface area contributed by atoms with Crippen molar-refractivity contribution in [3.05, 3.63) is 0 Å². The van der Waals surface area contributed by atoms with Crippen LogP contribution < -0.4 is 5.73 Å². The Morgan fingerprint density at radius 2 is 2.12 bits per heavy atom. The molecule has 0 spiro atoms. The SMILES string of the molecule is CCCN(CCC(N)=O)C1COCC1C(=O)O. The Bertz CT molecular complexity index is 283. The number of hydrogen-bond acceptors (Lipinski definition) is 4. The van der Waals surface area contributed by atoms with E-state index in [9.17, 15) is 9.59 Å². The van der Waals surface area contributed by atoms with Crippen molar-refractivity contribution in [2.75, 3.05) is 26.3 Å². The highest BCUT2D eigenvalue weighted by Crippen LogP contribution is 2.20. The van der Waals surface area contributed by atoms with Crippen LogP contribution in [0.5, 0.6) is 0 Å². The number of primary amides is 1. The Balaban J connectivity index is 2.61. The molecule has 0 bridgehead atoms. The van der Waals surface area contributed by atoms with Gasteiger partial charge in [0.2, 0.25) is 5.91 Å². The third-order valence-corrected chi connectivity index (χ3v) is 2.99. The van der Waals surface area contributed by atoms with Crippen LogP contribution >= 0.6 is 0 Å². The quantitative estimate of drug-likeness (QED) is 0.640. The maximum atomic E-state index is 11.1. The van der Waals surface area contributed by atoms with Gasteiger partial charge in [0.15, 0.2) is 0 Å². The minimum absolute atomic E-state index is 0.146. The maximum Gasteiger partial charge on any atom is 0.310 e. The molecule has 0 aromatic rings. The highest BCUT2D eigenvalue weighted by Gasteiger charge is 2.37. The first kappa shape index (κ1) is 13.9. The van der Waals surface area contributed by atoms with E-state index in [1.54, 1.807) is 0 Å². The average Bonchev–Trinajstić information content (AvgIpc) is 2.72. The Morgan fingerprint density at radius 1 is 1.41 bits per heavy atom. The summed E-state index contributed by atoms with van der Waals surface area (Å²) in [5, 5.41) is 9.08. The number of aliphatic carboxylic acids is 1. The predicted octanol–water partition coefficient (Wildman–Crippen LogP) is -0.327. The fourth-order valence-electron chi connectivity index (χ4n) is 2.12. The van der Waals surface area contributed by atoms with E-state index < -0.39 is 11.9 Å². The number of carboxylic acids is 1. The highest BCUT2D eigenvalue weighted by atomic mass is 16.5. The van der Waals surface area contributed by atoms with E-state index in [1.807, 2.05) is 11.8 Å². The molecule has 1 saturated heterocycles. The van der Waals surface area contributed by atoms with Gasteiger partial charge in [0.05, 0.1) is 19.1 Å². The Kier molecular flexibility index (Phi) is 5.37. The summed E-state index contributed by atoms with van der Waals surface area (Å²) in [5.74, 6) is -1.71. The highest BCUT2D eigenvalue weighted by molar-refractivity contribution is 5.74. The van der Waals surface area contributed by atoms with Gasteiger partial charge in [-0.1, -0.05) is 6.92 Å². The summed E-state index contributed by atoms with van der Waals surface area (Å²) >= 11 is 0. The number of hydrogen-bond donors (Lipinski definition) is 2. The smallest absolute Gasteiger partial charge is 0.310 e. The zero-order valence-electron chi connectivity index (χ0n) is 10.1. The first-order valence-corrected chi connectivity index (χ1v) is 5.89. The number of ether oxygens (including phenoxy) is 1. The van der Waals surface area contributed by atoms with E-state index in [-0.39, 0.29) is 25.0 Å². The normalized spacial score (nSPS) is 24.1. The van der Waals surface area contributed by atoms with Crippen molar-refractivity contribution in [2.24, 2.45) is 11.7 Å². The van der Waals surface area contributed by atoms with Crippen molar-refractivity contribution in [1.82, 2.24) is 4.90 Å². The van der Waals surface area contributed by atoms with E-state index in [0.717, 1.165) is 13.0 Å². The molecular formula is C11H20N2O4. The van der Waals surface area contributed by atoms with Gasteiger partial charge in [0, 0.05) is 19.0 Å². The van der Waals surface area contributed by atoms with Crippen LogP contribution in [0.15, 0.2) is 0 Å². The van der Waals surface area contributed by atoms with E-state index in [0.29, 0.717) is 13.2 Å². The lowest BCUT2D eigenvalue weighted by atomic mass is 10.0. The van der Waals surface area contributed by atoms with E-state index in [4.69, 9.17) is 15.6 Å². The number of carboxylic acid groups (broad SMARTS) is 1. The molecule has 0 saturated carbocycles. The van der Waals surface area contributed by atoms with Crippen LogP contribution in [0.3, 0.4) is 0 Å². The van der Waals surface area contributed by atoms with Crippen LogP contribution in [0.1, 0.15) is 19.8 Å². The van der Waals surface area contributed by atoms with Crippen molar-refractivity contribution >= 4 is 11.9 Å². The van der Waals surface area contributed by atoms with Crippen LogP contribution in [0.2, 0.25) is 0 Å². The zero-order valence-corrected chi connectivity index (χ0v) is 10.1. The summed E-state index contributed by atoms with van der Waals surface area (Å²) in [6.45, 7) is 3.93. The number of rotatable bonds is 7. The molecule has 1 amide bonds. The van der Waals surface area contributed by atoms with Crippen LogP contribution in [0, 0.1) is 5.92 Å². The monoisotopic (exact) mass is 244 g/mol. The number of nitrogens with zero attached hydrogens (tertiary/aromatic N) is 1. The Labute approximate surface area is 101 Å². The summed E-state index contributed by atoms with van der Waals surface area (Å²) in [4.78, 5) is 23.8. The second-order valence-electron chi connectivity index (χ2n) is 4.30. The summed E-state index contributed by atoms with van der Waals surface area (Å²) in [6.07, 6.45) is 1.16.